The molecule has 1 heterocycles. The summed E-state index contributed by atoms with van der Waals surface area (Å²) in [5.41, 5.74) is 2.86. The van der Waals surface area contributed by atoms with Crippen molar-refractivity contribution in [1.82, 2.24) is 5.32 Å². The van der Waals surface area contributed by atoms with Gasteiger partial charge < -0.3 is 5.32 Å². The standard InChI is InChI=1S/C12H12N2.2C2H6/c1-4-5-6-12-10(3)9(2)11(7-13)8-14-12;2*1-2/h4-6,8,14H,2-3H2,1H3;2*1-2H3/b5-4-,12-6+;;. The summed E-state index contributed by atoms with van der Waals surface area (Å²) in [6.07, 6.45) is 7.38. The molecule has 1 aliphatic rings. The lowest BCUT2D eigenvalue weighted by Gasteiger charge is -2.18. The molecule has 18 heavy (non-hydrogen) atoms. The van der Waals surface area contributed by atoms with Crippen molar-refractivity contribution in [3.05, 3.63) is 60.0 Å². The van der Waals surface area contributed by atoms with E-state index in [9.17, 15) is 0 Å². The van der Waals surface area contributed by atoms with Crippen LogP contribution in [0.2, 0.25) is 0 Å². The first-order chi connectivity index (χ1) is 8.70. The number of nitriles is 1. The molecule has 98 valence electrons. The fourth-order valence-corrected chi connectivity index (χ4v) is 1.09. The van der Waals surface area contributed by atoms with Crippen LogP contribution < -0.4 is 5.32 Å². The van der Waals surface area contributed by atoms with E-state index in [0.29, 0.717) is 11.1 Å². The van der Waals surface area contributed by atoms with Crippen LogP contribution in [0.1, 0.15) is 34.6 Å². The van der Waals surface area contributed by atoms with Gasteiger partial charge in [0.05, 0.1) is 5.57 Å². The average Bonchev–Trinajstić information content (AvgIpc) is 2.45. The molecule has 0 aromatic rings. The largest absolute Gasteiger partial charge is 0.360 e. The Morgan fingerprint density at radius 3 is 2.17 bits per heavy atom. The zero-order valence-electron chi connectivity index (χ0n) is 12.2. The second-order valence-corrected chi connectivity index (χ2v) is 2.88. The van der Waals surface area contributed by atoms with E-state index in [1.165, 1.54) is 0 Å². The molecule has 0 radical (unpaired) electrons. The first-order valence-electron chi connectivity index (χ1n) is 6.29. The van der Waals surface area contributed by atoms with E-state index < -0.39 is 0 Å². The highest BCUT2D eigenvalue weighted by molar-refractivity contribution is 5.61. The first kappa shape index (κ1) is 18.4. The van der Waals surface area contributed by atoms with Gasteiger partial charge >= 0.3 is 0 Å². The fourth-order valence-electron chi connectivity index (χ4n) is 1.09. The molecule has 1 aliphatic heterocycles. The maximum atomic E-state index is 8.75. The molecule has 0 atom stereocenters. The maximum Gasteiger partial charge on any atom is 0.101 e. The summed E-state index contributed by atoms with van der Waals surface area (Å²) in [7, 11) is 0. The second-order valence-electron chi connectivity index (χ2n) is 2.88. The third kappa shape index (κ3) is 5.36. The summed E-state index contributed by atoms with van der Waals surface area (Å²) in [6, 6.07) is 2.05. The summed E-state index contributed by atoms with van der Waals surface area (Å²) < 4.78 is 0. The molecule has 0 bridgehead atoms. The van der Waals surface area contributed by atoms with Crippen LogP contribution in [0.3, 0.4) is 0 Å². The van der Waals surface area contributed by atoms with Crippen molar-refractivity contribution in [1.29, 1.82) is 5.26 Å². The average molecular weight is 244 g/mol. The highest BCUT2D eigenvalue weighted by Crippen LogP contribution is 2.24. The van der Waals surface area contributed by atoms with Gasteiger partial charge in [0, 0.05) is 11.9 Å². The Labute approximate surface area is 112 Å². The SMILES string of the molecule is C=C1C(=C)/C(=C\C=C/C)NC=C1C#N.CC.CC. The summed E-state index contributed by atoms with van der Waals surface area (Å²) in [5.74, 6) is 0. The monoisotopic (exact) mass is 244 g/mol. The van der Waals surface area contributed by atoms with Crippen molar-refractivity contribution in [2.24, 2.45) is 0 Å². The Bertz CT molecular complexity index is 401. The Morgan fingerprint density at radius 2 is 1.72 bits per heavy atom. The quantitative estimate of drug-likeness (QED) is 0.730. The number of rotatable bonds is 1. The molecule has 1 rings (SSSR count). The molecule has 0 spiro atoms. The van der Waals surface area contributed by atoms with Gasteiger partial charge in [0.15, 0.2) is 0 Å². The van der Waals surface area contributed by atoms with Crippen molar-refractivity contribution in [2.45, 2.75) is 34.6 Å². The molecule has 0 aromatic heterocycles. The van der Waals surface area contributed by atoms with Gasteiger partial charge in [-0.2, -0.15) is 5.26 Å². The third-order valence-corrected chi connectivity index (χ3v) is 1.96. The molecule has 2 nitrogen and oxygen atoms in total. The van der Waals surface area contributed by atoms with Crippen LogP contribution in [-0.2, 0) is 0 Å². The molecule has 1 N–H and O–H groups in total. The highest BCUT2D eigenvalue weighted by Gasteiger charge is 2.14. The number of hydrogen-bond donors (Lipinski definition) is 1. The molecule has 0 unspecified atom stereocenters. The molecular formula is C16H24N2. The van der Waals surface area contributed by atoms with Crippen LogP contribution in [0.15, 0.2) is 60.0 Å². The normalized spacial score (nSPS) is 15.8. The molecular weight excluding hydrogens is 220 g/mol. The van der Waals surface area contributed by atoms with Crippen LogP contribution in [-0.4, -0.2) is 0 Å². The van der Waals surface area contributed by atoms with E-state index in [1.54, 1.807) is 6.20 Å². The fraction of sp³-hybridized carbons (Fsp3) is 0.312. The van der Waals surface area contributed by atoms with E-state index in [0.717, 1.165) is 11.3 Å². The first-order valence-corrected chi connectivity index (χ1v) is 6.29. The third-order valence-electron chi connectivity index (χ3n) is 1.96. The van der Waals surface area contributed by atoms with Crippen LogP contribution in [0.5, 0.6) is 0 Å². The van der Waals surface area contributed by atoms with Gasteiger partial charge in [-0.05, 0) is 24.1 Å². The minimum Gasteiger partial charge on any atom is -0.360 e. The molecule has 0 aromatic carbocycles. The Morgan fingerprint density at radius 1 is 1.17 bits per heavy atom. The molecule has 0 amide bonds. The van der Waals surface area contributed by atoms with Gasteiger partial charge in [0.2, 0.25) is 0 Å². The molecule has 0 saturated carbocycles. The molecule has 2 heteroatoms. The zero-order valence-corrected chi connectivity index (χ0v) is 12.2. The van der Waals surface area contributed by atoms with Crippen molar-refractivity contribution >= 4 is 0 Å². The second kappa shape index (κ2) is 11.5. The van der Waals surface area contributed by atoms with Crippen LogP contribution in [0, 0.1) is 11.3 Å². The van der Waals surface area contributed by atoms with Crippen molar-refractivity contribution in [2.75, 3.05) is 0 Å². The lowest BCUT2D eigenvalue weighted by atomic mass is 9.96. The van der Waals surface area contributed by atoms with Gasteiger partial charge in [0.25, 0.3) is 0 Å². The lowest BCUT2D eigenvalue weighted by molar-refractivity contribution is 1.04. The van der Waals surface area contributed by atoms with Crippen LogP contribution >= 0.6 is 0 Å². The lowest BCUT2D eigenvalue weighted by Crippen LogP contribution is -2.15. The van der Waals surface area contributed by atoms with Gasteiger partial charge in [0.1, 0.15) is 6.07 Å². The van der Waals surface area contributed by atoms with E-state index in [-0.39, 0.29) is 0 Å². The van der Waals surface area contributed by atoms with E-state index in [4.69, 9.17) is 5.26 Å². The van der Waals surface area contributed by atoms with Gasteiger partial charge in [-0.25, -0.2) is 0 Å². The Balaban J connectivity index is 0. The van der Waals surface area contributed by atoms with Gasteiger partial charge in [-0.1, -0.05) is 53.0 Å². The van der Waals surface area contributed by atoms with Crippen molar-refractivity contribution in [3.8, 4) is 6.07 Å². The number of allylic oxidation sites excluding steroid dienone is 5. The van der Waals surface area contributed by atoms with Crippen LogP contribution in [0.4, 0.5) is 0 Å². The number of hydrogen-bond acceptors (Lipinski definition) is 2. The maximum absolute atomic E-state index is 8.75. The van der Waals surface area contributed by atoms with Gasteiger partial charge in [-0.15, -0.1) is 0 Å². The number of nitrogens with zero attached hydrogens (tertiary/aromatic N) is 1. The predicted molar refractivity (Wildman–Crippen MR) is 80.7 cm³/mol. The molecule has 0 fully saturated rings. The highest BCUT2D eigenvalue weighted by atomic mass is 14.9. The van der Waals surface area contributed by atoms with Crippen LogP contribution in [0.25, 0.3) is 0 Å². The summed E-state index contributed by atoms with van der Waals surface area (Å²) >= 11 is 0. The van der Waals surface area contributed by atoms with Crippen molar-refractivity contribution in [3.63, 3.8) is 0 Å². The van der Waals surface area contributed by atoms with E-state index in [1.807, 2.05) is 52.8 Å². The summed E-state index contributed by atoms with van der Waals surface area (Å²) in [6.45, 7) is 17.6. The number of nitrogens with one attached hydrogen (secondary N) is 1. The minimum atomic E-state index is 0.535. The predicted octanol–water partition coefficient (Wildman–Crippen LogP) is 4.62. The Kier molecular flexibility index (Phi) is 11.7. The Hall–Kier alpha value is -2.01. The molecule has 0 aliphatic carbocycles. The summed E-state index contributed by atoms with van der Waals surface area (Å²) in [5, 5.41) is 11.7. The van der Waals surface area contributed by atoms with Crippen molar-refractivity contribution < 1.29 is 0 Å². The van der Waals surface area contributed by atoms with Gasteiger partial charge in [-0.3, -0.25) is 0 Å². The zero-order chi connectivity index (χ0) is 14.6. The van der Waals surface area contributed by atoms with E-state index in [2.05, 4.69) is 24.5 Å². The topological polar surface area (TPSA) is 35.8 Å². The molecule has 0 saturated heterocycles. The van der Waals surface area contributed by atoms with E-state index >= 15 is 0 Å². The minimum absolute atomic E-state index is 0.535. The smallest absolute Gasteiger partial charge is 0.101 e. The summed E-state index contributed by atoms with van der Waals surface area (Å²) in [4.78, 5) is 0.